The number of piperidine rings is 1. The summed E-state index contributed by atoms with van der Waals surface area (Å²) in [5.74, 6) is -0.669. The molecule has 1 aromatic carbocycles. The molecule has 1 amide bonds. The lowest BCUT2D eigenvalue weighted by atomic mass is 9.96. The van der Waals surface area contributed by atoms with Crippen LogP contribution in [0.15, 0.2) is 35.1 Å². The van der Waals surface area contributed by atoms with Crippen LogP contribution < -0.4 is 10.6 Å². The maximum absolute atomic E-state index is 13.2. The van der Waals surface area contributed by atoms with Crippen LogP contribution in [0.25, 0.3) is 0 Å². The van der Waals surface area contributed by atoms with Crippen molar-refractivity contribution in [1.82, 2.24) is 24.7 Å². The minimum atomic E-state index is -2.86. The number of carbonyl (C=O) groups is 1. The van der Waals surface area contributed by atoms with E-state index in [-0.39, 0.29) is 32.5 Å². The highest BCUT2D eigenvalue weighted by atomic mass is 16.5. The van der Waals surface area contributed by atoms with E-state index in [0.717, 1.165) is 4.68 Å². The van der Waals surface area contributed by atoms with Gasteiger partial charge in [0.15, 0.2) is 0 Å². The molecule has 1 saturated heterocycles. The zero-order valence-corrected chi connectivity index (χ0v) is 16.5. The van der Waals surface area contributed by atoms with Crippen molar-refractivity contribution in [3.63, 3.8) is 0 Å². The number of rotatable bonds is 8. The fourth-order valence-corrected chi connectivity index (χ4v) is 3.41. The van der Waals surface area contributed by atoms with Gasteiger partial charge in [0.1, 0.15) is 5.72 Å². The van der Waals surface area contributed by atoms with Crippen molar-refractivity contribution >= 4 is 11.6 Å². The number of para-hydroxylation sites is 1. The standard InChI is InChI=1S/C20H30N6O3/c1-4-18(27)26(17-9-7-6-8-10-17)20(29-3)11-13-23(14-12-20)15-16-25-19(28)24(5-2)21-22-25/h6-10H,4-5,11-16H2,1-3H3/i1D3,15D2,16D2. The van der Waals surface area contributed by atoms with Crippen molar-refractivity contribution in [2.75, 3.05) is 31.6 Å². The number of carbonyl (C=O) groups excluding carboxylic acids is 1. The minimum Gasteiger partial charge on any atom is -0.358 e. The average molecular weight is 410 g/mol. The van der Waals surface area contributed by atoms with Gasteiger partial charge in [-0.15, -0.1) is 0 Å². The van der Waals surface area contributed by atoms with Crippen molar-refractivity contribution in [2.45, 2.75) is 51.8 Å². The number of tetrazole rings is 1. The molecule has 0 spiro atoms. The highest BCUT2D eigenvalue weighted by Crippen LogP contribution is 2.34. The lowest BCUT2D eigenvalue weighted by molar-refractivity contribution is -0.128. The van der Waals surface area contributed by atoms with Gasteiger partial charge in [-0.25, -0.2) is 4.79 Å². The third-order valence-corrected chi connectivity index (χ3v) is 5.00. The van der Waals surface area contributed by atoms with E-state index < -0.39 is 43.6 Å². The maximum atomic E-state index is 13.2. The molecule has 1 fully saturated rings. The quantitative estimate of drug-likeness (QED) is 0.612. The van der Waals surface area contributed by atoms with Crippen LogP contribution in [0.3, 0.4) is 0 Å². The Balaban J connectivity index is 1.91. The molecule has 0 aliphatic carbocycles. The Hall–Kier alpha value is -2.52. The number of ether oxygens (including phenoxy) is 1. The molecular weight excluding hydrogens is 372 g/mol. The molecule has 0 N–H and O–H groups in total. The summed E-state index contributed by atoms with van der Waals surface area (Å²) in [5, 5.41) is 7.12. The van der Waals surface area contributed by atoms with Crippen molar-refractivity contribution in [1.29, 1.82) is 0 Å². The van der Waals surface area contributed by atoms with Crippen LogP contribution in [0.2, 0.25) is 0 Å². The number of nitrogens with zero attached hydrogens (tertiary/aromatic N) is 6. The predicted molar refractivity (Wildman–Crippen MR) is 110 cm³/mol. The van der Waals surface area contributed by atoms with Crippen molar-refractivity contribution in [3.05, 3.63) is 40.8 Å². The van der Waals surface area contributed by atoms with Gasteiger partial charge in [-0.1, -0.05) is 25.1 Å². The monoisotopic (exact) mass is 409 g/mol. The van der Waals surface area contributed by atoms with Crippen LogP contribution in [0.4, 0.5) is 5.69 Å². The van der Waals surface area contributed by atoms with Crippen LogP contribution in [0, 0.1) is 0 Å². The molecule has 29 heavy (non-hydrogen) atoms. The summed E-state index contributed by atoms with van der Waals surface area (Å²) in [5.41, 5.74) is -1.73. The summed E-state index contributed by atoms with van der Waals surface area (Å²) in [7, 11) is 1.39. The van der Waals surface area contributed by atoms with Gasteiger partial charge in [-0.2, -0.15) is 9.36 Å². The number of amides is 1. The van der Waals surface area contributed by atoms with E-state index in [2.05, 4.69) is 10.4 Å². The molecule has 0 saturated carbocycles. The van der Waals surface area contributed by atoms with Gasteiger partial charge in [0.25, 0.3) is 0 Å². The summed E-state index contributed by atoms with van der Waals surface area (Å²) in [4.78, 5) is 28.1. The van der Waals surface area contributed by atoms with E-state index in [0.29, 0.717) is 10.4 Å². The second-order valence-electron chi connectivity index (χ2n) is 6.59. The van der Waals surface area contributed by atoms with Gasteiger partial charge < -0.3 is 9.64 Å². The Morgan fingerprint density at radius 1 is 1.24 bits per heavy atom. The third-order valence-electron chi connectivity index (χ3n) is 5.00. The van der Waals surface area contributed by atoms with Gasteiger partial charge in [-0.3, -0.25) is 9.69 Å². The Labute approximate surface area is 180 Å². The molecule has 3 rings (SSSR count). The number of benzene rings is 1. The fourth-order valence-electron chi connectivity index (χ4n) is 3.41. The van der Waals surface area contributed by atoms with Gasteiger partial charge in [0, 0.05) is 65.0 Å². The van der Waals surface area contributed by atoms with E-state index in [4.69, 9.17) is 14.3 Å². The molecule has 2 aromatic rings. The van der Waals surface area contributed by atoms with Crippen molar-refractivity contribution in [2.24, 2.45) is 0 Å². The molecule has 1 aliphatic rings. The first kappa shape index (κ1) is 13.7. The number of aromatic nitrogens is 4. The second-order valence-corrected chi connectivity index (χ2v) is 6.59. The van der Waals surface area contributed by atoms with Crippen LogP contribution in [-0.4, -0.2) is 63.0 Å². The first-order valence-electron chi connectivity index (χ1n) is 12.9. The van der Waals surface area contributed by atoms with Crippen molar-refractivity contribution in [3.8, 4) is 0 Å². The minimum absolute atomic E-state index is 0.0529. The molecule has 1 aromatic heterocycles. The number of likely N-dealkylation sites (tertiary alicyclic amines) is 1. The molecule has 0 radical (unpaired) electrons. The van der Waals surface area contributed by atoms with E-state index in [1.807, 2.05) is 0 Å². The number of anilines is 1. The summed E-state index contributed by atoms with van der Waals surface area (Å²) >= 11 is 0. The van der Waals surface area contributed by atoms with Crippen LogP contribution >= 0.6 is 0 Å². The summed E-state index contributed by atoms with van der Waals surface area (Å²) < 4.78 is 63.7. The van der Waals surface area contributed by atoms with E-state index in [1.54, 1.807) is 37.3 Å². The second kappa shape index (κ2) is 9.32. The first-order valence-corrected chi connectivity index (χ1v) is 9.42. The predicted octanol–water partition coefficient (Wildman–Crippen LogP) is 1.34. The Kier molecular flexibility index (Phi) is 4.39. The zero-order chi connectivity index (χ0) is 26.9. The fraction of sp³-hybridized carbons (Fsp3) is 0.600. The number of methoxy groups -OCH3 is 1. The van der Waals surface area contributed by atoms with E-state index >= 15 is 0 Å². The molecule has 0 bridgehead atoms. The van der Waals surface area contributed by atoms with Crippen LogP contribution in [0.5, 0.6) is 0 Å². The Bertz CT molecular complexity index is 1110. The van der Waals surface area contributed by atoms with Gasteiger partial charge in [0.2, 0.25) is 5.91 Å². The molecule has 9 heteroatoms. The van der Waals surface area contributed by atoms with E-state index in [9.17, 15) is 9.59 Å². The molecule has 0 unspecified atom stereocenters. The molecule has 1 aliphatic heterocycles. The Morgan fingerprint density at radius 2 is 1.93 bits per heavy atom. The lowest BCUT2D eigenvalue weighted by Gasteiger charge is -2.47. The largest absolute Gasteiger partial charge is 0.363 e. The smallest absolute Gasteiger partial charge is 0.358 e. The van der Waals surface area contributed by atoms with E-state index in [1.165, 1.54) is 16.9 Å². The molecule has 9 nitrogen and oxygen atoms in total. The number of aryl methyl sites for hydroxylation is 2. The number of hydrogen-bond acceptors (Lipinski definition) is 6. The third kappa shape index (κ3) is 4.40. The molecular formula is C20H30N6O3. The first-order chi connectivity index (χ1) is 16.7. The molecule has 158 valence electrons. The zero-order valence-electron chi connectivity index (χ0n) is 23.5. The van der Waals surface area contributed by atoms with Gasteiger partial charge in [-0.05, 0) is 29.5 Å². The maximum Gasteiger partial charge on any atom is 0.363 e. The van der Waals surface area contributed by atoms with Gasteiger partial charge in [0.05, 0.1) is 9.24 Å². The lowest BCUT2D eigenvalue weighted by Crippen LogP contribution is -2.59. The average Bonchev–Trinajstić information content (AvgIpc) is 3.20. The summed E-state index contributed by atoms with van der Waals surface area (Å²) in [6, 6.07) is 8.48. The molecule has 2 heterocycles. The number of hydrogen-bond donors (Lipinski definition) is 0. The normalized spacial score (nSPS) is 21.7. The highest BCUT2D eigenvalue weighted by Gasteiger charge is 2.43. The van der Waals surface area contributed by atoms with Crippen LogP contribution in [0.1, 0.15) is 42.6 Å². The van der Waals surface area contributed by atoms with Gasteiger partial charge >= 0.3 is 5.69 Å². The van der Waals surface area contributed by atoms with Crippen LogP contribution in [-0.2, 0) is 22.6 Å². The SMILES string of the molecule is [2H]C([2H])([2H])CC(=O)N(c1ccccc1)C1(OC)CCN(C([2H])([2H])C([2H])([2H])n2nnn(CC)c2=O)CC1. The summed E-state index contributed by atoms with van der Waals surface area (Å²) in [6.45, 7) is -6.37. The topological polar surface area (TPSA) is 85.5 Å². The highest BCUT2D eigenvalue weighted by molar-refractivity contribution is 5.94. The summed E-state index contributed by atoms with van der Waals surface area (Å²) in [6.07, 6.45) is -0.607. The molecule has 0 atom stereocenters. The Morgan fingerprint density at radius 3 is 2.52 bits per heavy atom. The van der Waals surface area contributed by atoms with Crippen molar-refractivity contribution < 1.29 is 19.1 Å².